The minimum absolute atomic E-state index is 0.221. The van der Waals surface area contributed by atoms with Gasteiger partial charge in [-0.2, -0.15) is 26.3 Å². The van der Waals surface area contributed by atoms with Crippen molar-refractivity contribution in [3.05, 3.63) is 34.9 Å². The maximum Gasteiger partial charge on any atom is 0.416 e. The number of primary amides is 1. The minimum atomic E-state index is -4.98. The molecule has 0 radical (unpaired) electrons. The van der Waals surface area contributed by atoms with E-state index in [1.54, 1.807) is 0 Å². The Kier molecular flexibility index (Phi) is 5.55. The van der Waals surface area contributed by atoms with Crippen LogP contribution < -0.4 is 5.73 Å². The standard InChI is InChI=1S/C12H12F6N2O3S/c1-20(24(22,23)6-10(19)21)5-7-4-8(11(13,14)15)2-3-9(7)12(16,17)18/h2-4H,5-6H2,1H3,(H2,19,21). The van der Waals surface area contributed by atoms with E-state index in [0.29, 0.717) is 4.31 Å². The van der Waals surface area contributed by atoms with Crippen molar-refractivity contribution in [2.45, 2.75) is 18.9 Å². The quantitative estimate of drug-likeness (QED) is 0.796. The van der Waals surface area contributed by atoms with E-state index < -0.39 is 57.3 Å². The molecule has 1 amide bonds. The van der Waals surface area contributed by atoms with Crippen molar-refractivity contribution in [3.8, 4) is 0 Å². The molecule has 0 aliphatic heterocycles. The van der Waals surface area contributed by atoms with E-state index in [1.807, 2.05) is 0 Å². The Morgan fingerprint density at radius 2 is 1.67 bits per heavy atom. The molecule has 5 nitrogen and oxygen atoms in total. The topological polar surface area (TPSA) is 80.5 Å². The Labute approximate surface area is 133 Å². The van der Waals surface area contributed by atoms with E-state index in [-0.39, 0.29) is 18.2 Å². The number of rotatable bonds is 5. The van der Waals surface area contributed by atoms with Gasteiger partial charge in [-0.3, -0.25) is 4.79 Å². The van der Waals surface area contributed by atoms with Gasteiger partial charge in [-0.05, 0) is 23.8 Å². The molecule has 0 aliphatic carbocycles. The van der Waals surface area contributed by atoms with Crippen LogP contribution in [0.4, 0.5) is 26.3 Å². The second-order valence-corrected chi connectivity index (χ2v) is 6.92. The van der Waals surface area contributed by atoms with Crippen LogP contribution in [0.25, 0.3) is 0 Å². The van der Waals surface area contributed by atoms with Crippen LogP contribution >= 0.6 is 0 Å². The van der Waals surface area contributed by atoms with Crippen LogP contribution in [-0.2, 0) is 33.7 Å². The van der Waals surface area contributed by atoms with Crippen molar-refractivity contribution in [1.29, 1.82) is 0 Å². The summed E-state index contributed by atoms with van der Waals surface area (Å²) in [5, 5.41) is 0. The van der Waals surface area contributed by atoms with E-state index in [4.69, 9.17) is 5.73 Å². The highest BCUT2D eigenvalue weighted by Crippen LogP contribution is 2.37. The lowest BCUT2D eigenvalue weighted by atomic mass is 10.0. The summed E-state index contributed by atoms with van der Waals surface area (Å²) in [6.07, 6.45) is -9.88. The number of carbonyl (C=O) groups is 1. The number of nitrogens with two attached hydrogens (primary N) is 1. The molecule has 0 unspecified atom stereocenters. The highest BCUT2D eigenvalue weighted by molar-refractivity contribution is 7.89. The molecular weight excluding hydrogens is 366 g/mol. The van der Waals surface area contributed by atoms with Gasteiger partial charge in [0.1, 0.15) is 5.75 Å². The fourth-order valence-corrected chi connectivity index (χ4v) is 2.72. The molecule has 0 saturated heterocycles. The molecule has 12 heteroatoms. The number of sulfonamides is 1. The lowest BCUT2D eigenvalue weighted by Gasteiger charge is -2.20. The first-order valence-corrected chi connectivity index (χ1v) is 7.75. The lowest BCUT2D eigenvalue weighted by Crippen LogP contribution is -2.35. The maximum atomic E-state index is 12.9. The summed E-state index contributed by atoms with van der Waals surface area (Å²) in [6.45, 7) is -1.01. The van der Waals surface area contributed by atoms with Crippen LogP contribution in [0.2, 0.25) is 0 Å². The summed E-state index contributed by atoms with van der Waals surface area (Å²) < 4.78 is 100. The van der Waals surface area contributed by atoms with Gasteiger partial charge in [0.2, 0.25) is 15.9 Å². The lowest BCUT2D eigenvalue weighted by molar-refractivity contribution is -0.142. The monoisotopic (exact) mass is 378 g/mol. The number of halogens is 6. The number of benzene rings is 1. The van der Waals surface area contributed by atoms with E-state index in [2.05, 4.69) is 0 Å². The zero-order valence-corrected chi connectivity index (χ0v) is 12.9. The molecule has 0 bridgehead atoms. The summed E-state index contributed by atoms with van der Waals surface area (Å²) in [5.74, 6) is -2.42. The van der Waals surface area contributed by atoms with Crippen LogP contribution in [0, 0.1) is 0 Å². The zero-order chi connectivity index (χ0) is 18.9. The fourth-order valence-electron chi connectivity index (χ4n) is 1.81. The van der Waals surface area contributed by atoms with Gasteiger partial charge in [0, 0.05) is 13.6 Å². The summed E-state index contributed by atoms with van der Waals surface area (Å²) in [6, 6.07) is 0.704. The summed E-state index contributed by atoms with van der Waals surface area (Å²) >= 11 is 0. The van der Waals surface area contributed by atoms with Crippen LogP contribution in [-0.4, -0.2) is 31.4 Å². The molecule has 1 rings (SSSR count). The van der Waals surface area contributed by atoms with Crippen LogP contribution in [0.15, 0.2) is 18.2 Å². The van der Waals surface area contributed by atoms with Gasteiger partial charge >= 0.3 is 12.4 Å². The second-order valence-electron chi connectivity index (χ2n) is 4.85. The van der Waals surface area contributed by atoms with Crippen LogP contribution in [0.3, 0.4) is 0 Å². The highest BCUT2D eigenvalue weighted by Gasteiger charge is 2.37. The third kappa shape index (κ3) is 5.09. The summed E-state index contributed by atoms with van der Waals surface area (Å²) in [5.41, 5.74) is 1.06. The Balaban J connectivity index is 3.32. The normalized spacial score (nSPS) is 13.3. The Hall–Kier alpha value is -1.82. The van der Waals surface area contributed by atoms with Crippen LogP contribution in [0.1, 0.15) is 16.7 Å². The third-order valence-electron chi connectivity index (χ3n) is 2.93. The Morgan fingerprint density at radius 3 is 2.08 bits per heavy atom. The predicted molar refractivity (Wildman–Crippen MR) is 70.9 cm³/mol. The van der Waals surface area contributed by atoms with Crippen molar-refractivity contribution in [2.24, 2.45) is 5.73 Å². The summed E-state index contributed by atoms with van der Waals surface area (Å²) in [7, 11) is -3.53. The highest BCUT2D eigenvalue weighted by atomic mass is 32.2. The largest absolute Gasteiger partial charge is 0.416 e. The van der Waals surface area contributed by atoms with Crippen molar-refractivity contribution in [3.63, 3.8) is 0 Å². The van der Waals surface area contributed by atoms with E-state index >= 15 is 0 Å². The fraction of sp³-hybridized carbons (Fsp3) is 0.417. The molecule has 0 aliphatic rings. The van der Waals surface area contributed by atoms with Gasteiger partial charge in [0.25, 0.3) is 0 Å². The molecule has 136 valence electrons. The number of alkyl halides is 6. The number of amides is 1. The Bertz CT molecular complexity index is 727. The maximum absolute atomic E-state index is 12.9. The van der Waals surface area contributed by atoms with Crippen molar-refractivity contribution in [1.82, 2.24) is 4.31 Å². The Morgan fingerprint density at radius 1 is 1.12 bits per heavy atom. The van der Waals surface area contributed by atoms with Crippen molar-refractivity contribution in [2.75, 3.05) is 12.8 Å². The van der Waals surface area contributed by atoms with E-state index in [0.717, 1.165) is 7.05 Å². The first-order chi connectivity index (χ1) is 10.6. The number of nitrogens with zero attached hydrogens (tertiary/aromatic N) is 1. The zero-order valence-electron chi connectivity index (χ0n) is 12.1. The smallest absolute Gasteiger partial charge is 0.369 e. The minimum Gasteiger partial charge on any atom is -0.369 e. The van der Waals surface area contributed by atoms with Gasteiger partial charge in [0.15, 0.2) is 0 Å². The molecular formula is C12H12F6N2O3S. The number of carbonyl (C=O) groups excluding carboxylic acids is 1. The van der Waals surface area contributed by atoms with Gasteiger partial charge in [0.05, 0.1) is 11.1 Å². The van der Waals surface area contributed by atoms with E-state index in [9.17, 15) is 39.6 Å². The van der Waals surface area contributed by atoms with E-state index in [1.165, 1.54) is 0 Å². The average molecular weight is 378 g/mol. The molecule has 0 atom stereocenters. The van der Waals surface area contributed by atoms with Crippen molar-refractivity contribution >= 4 is 15.9 Å². The number of hydrogen-bond donors (Lipinski definition) is 1. The predicted octanol–water partition coefficient (Wildman–Crippen LogP) is 1.97. The van der Waals surface area contributed by atoms with Gasteiger partial charge in [-0.1, -0.05) is 0 Å². The molecule has 1 aromatic carbocycles. The average Bonchev–Trinajstić information content (AvgIpc) is 2.34. The first kappa shape index (κ1) is 20.2. The van der Waals surface area contributed by atoms with Gasteiger partial charge in [-0.25, -0.2) is 12.7 Å². The number of hydrogen-bond acceptors (Lipinski definition) is 3. The molecule has 0 fully saturated rings. The molecule has 1 aromatic rings. The first-order valence-electron chi connectivity index (χ1n) is 6.14. The van der Waals surface area contributed by atoms with Gasteiger partial charge in [-0.15, -0.1) is 0 Å². The summed E-state index contributed by atoms with van der Waals surface area (Å²) in [4.78, 5) is 10.7. The molecule has 0 aromatic heterocycles. The third-order valence-corrected chi connectivity index (χ3v) is 4.66. The van der Waals surface area contributed by atoms with Crippen molar-refractivity contribution < 1.29 is 39.6 Å². The molecule has 0 spiro atoms. The van der Waals surface area contributed by atoms with Crippen LogP contribution in [0.5, 0.6) is 0 Å². The molecule has 2 N–H and O–H groups in total. The molecule has 0 saturated carbocycles. The SMILES string of the molecule is CN(Cc1cc(C(F)(F)F)ccc1C(F)(F)F)S(=O)(=O)CC(N)=O. The molecule has 0 heterocycles. The molecule has 24 heavy (non-hydrogen) atoms. The second kappa shape index (κ2) is 6.59. The van der Waals surface area contributed by atoms with Gasteiger partial charge < -0.3 is 5.73 Å².